The fourth-order valence-corrected chi connectivity index (χ4v) is 3.41. The van der Waals surface area contributed by atoms with Gasteiger partial charge in [0.25, 0.3) is 5.91 Å². The van der Waals surface area contributed by atoms with Crippen molar-refractivity contribution in [3.05, 3.63) is 87.7 Å². The maximum absolute atomic E-state index is 12.7. The number of nitrogens with zero attached hydrogens (tertiary/aromatic N) is 2. The van der Waals surface area contributed by atoms with Crippen LogP contribution in [0.15, 0.2) is 48.5 Å². The van der Waals surface area contributed by atoms with Crippen LogP contribution in [0.3, 0.4) is 0 Å². The Kier molecular flexibility index (Phi) is 5.98. The number of aromatic nitrogens is 2. The van der Waals surface area contributed by atoms with Gasteiger partial charge in [0.2, 0.25) is 0 Å². The summed E-state index contributed by atoms with van der Waals surface area (Å²) in [7, 11) is 0. The van der Waals surface area contributed by atoms with Crippen LogP contribution in [0.1, 0.15) is 63.4 Å². The van der Waals surface area contributed by atoms with E-state index in [1.165, 1.54) is 11.1 Å². The Balaban J connectivity index is 1.69. The van der Waals surface area contributed by atoms with E-state index in [0.29, 0.717) is 12.1 Å². The van der Waals surface area contributed by atoms with Crippen LogP contribution < -0.4 is 5.32 Å². The monoisotopic (exact) mass is 375 g/mol. The fraction of sp³-hybridized carbons (Fsp3) is 0.333. The maximum atomic E-state index is 12.7. The predicted octanol–water partition coefficient (Wildman–Crippen LogP) is 5.05. The van der Waals surface area contributed by atoms with Crippen LogP contribution in [0.25, 0.3) is 0 Å². The summed E-state index contributed by atoms with van der Waals surface area (Å²) in [5.41, 5.74) is 7.63. The first-order chi connectivity index (χ1) is 13.4. The minimum absolute atomic E-state index is 0.0150. The van der Waals surface area contributed by atoms with Gasteiger partial charge in [-0.1, -0.05) is 37.3 Å². The summed E-state index contributed by atoms with van der Waals surface area (Å²) in [5.74, 6) is -0.0391. The van der Waals surface area contributed by atoms with Crippen LogP contribution in [0.2, 0.25) is 0 Å². The molecular weight excluding hydrogens is 346 g/mol. The van der Waals surface area contributed by atoms with Crippen molar-refractivity contribution < 1.29 is 4.79 Å². The molecule has 0 saturated heterocycles. The highest BCUT2D eigenvalue weighted by atomic mass is 16.1. The van der Waals surface area contributed by atoms with Gasteiger partial charge in [-0.15, -0.1) is 0 Å². The zero-order chi connectivity index (χ0) is 20.3. The van der Waals surface area contributed by atoms with Crippen molar-refractivity contribution in [3.8, 4) is 0 Å². The first-order valence-electron chi connectivity index (χ1n) is 9.85. The molecule has 1 N–H and O–H groups in total. The fourth-order valence-electron chi connectivity index (χ4n) is 3.41. The van der Waals surface area contributed by atoms with E-state index in [-0.39, 0.29) is 11.9 Å². The Bertz CT molecular complexity index is 970. The van der Waals surface area contributed by atoms with E-state index in [2.05, 4.69) is 62.4 Å². The van der Waals surface area contributed by atoms with Crippen molar-refractivity contribution in [3.63, 3.8) is 0 Å². The Morgan fingerprint density at radius 2 is 1.71 bits per heavy atom. The molecule has 0 spiro atoms. The van der Waals surface area contributed by atoms with E-state index in [4.69, 9.17) is 0 Å². The molecule has 0 fully saturated rings. The van der Waals surface area contributed by atoms with Crippen molar-refractivity contribution >= 4 is 5.91 Å². The molecule has 0 bridgehead atoms. The number of rotatable bonds is 6. The molecule has 0 saturated carbocycles. The highest BCUT2D eigenvalue weighted by molar-refractivity contribution is 5.94. The highest BCUT2D eigenvalue weighted by Crippen LogP contribution is 2.20. The third-order valence-corrected chi connectivity index (χ3v) is 5.30. The predicted molar refractivity (Wildman–Crippen MR) is 114 cm³/mol. The average Bonchev–Trinajstić information content (AvgIpc) is 2.99. The third-order valence-electron chi connectivity index (χ3n) is 5.30. The summed E-state index contributed by atoms with van der Waals surface area (Å²) in [6.45, 7) is 11.1. The molecular formula is C24H29N3O. The molecule has 4 nitrogen and oxygen atoms in total. The number of amides is 1. The lowest BCUT2D eigenvalue weighted by Gasteiger charge is -2.19. The van der Waals surface area contributed by atoms with Gasteiger partial charge in [0, 0.05) is 11.3 Å². The summed E-state index contributed by atoms with van der Waals surface area (Å²) in [5, 5.41) is 7.67. The van der Waals surface area contributed by atoms with Crippen molar-refractivity contribution in [2.75, 3.05) is 0 Å². The molecule has 0 aliphatic rings. The molecule has 0 radical (unpaired) electrons. The summed E-state index contributed by atoms with van der Waals surface area (Å²) in [4.78, 5) is 12.7. The van der Waals surface area contributed by atoms with Gasteiger partial charge in [-0.05, 0) is 74.6 Å². The zero-order valence-corrected chi connectivity index (χ0v) is 17.4. The van der Waals surface area contributed by atoms with E-state index < -0.39 is 0 Å². The normalized spacial score (nSPS) is 12.0. The van der Waals surface area contributed by atoms with E-state index in [0.717, 1.165) is 28.9 Å². The van der Waals surface area contributed by atoms with Crippen LogP contribution in [-0.4, -0.2) is 15.7 Å². The minimum atomic E-state index is -0.0391. The van der Waals surface area contributed by atoms with Gasteiger partial charge in [-0.2, -0.15) is 5.10 Å². The smallest absolute Gasteiger partial charge is 0.251 e. The van der Waals surface area contributed by atoms with Gasteiger partial charge in [0.05, 0.1) is 18.3 Å². The standard InChI is InChI=1S/C24H29N3O/c1-6-23(22-10-7-16(2)17(3)13-22)25-24(28)21-11-8-20(9-12-21)15-27-19(5)14-18(4)26-27/h7-14,23H,6,15H2,1-5H3,(H,25,28)/t23-/m0/s1. The molecule has 0 unspecified atom stereocenters. The summed E-state index contributed by atoms with van der Waals surface area (Å²) in [6.07, 6.45) is 0.851. The van der Waals surface area contributed by atoms with Gasteiger partial charge in [-0.25, -0.2) is 0 Å². The Labute approximate surface area is 167 Å². The number of aryl methyl sites for hydroxylation is 4. The second-order valence-corrected chi connectivity index (χ2v) is 7.56. The van der Waals surface area contributed by atoms with Crippen molar-refractivity contribution in [2.24, 2.45) is 0 Å². The SMILES string of the molecule is CC[C@H](NC(=O)c1ccc(Cn2nc(C)cc2C)cc1)c1ccc(C)c(C)c1. The molecule has 3 aromatic rings. The Hall–Kier alpha value is -2.88. The van der Waals surface area contributed by atoms with E-state index in [1.807, 2.05) is 35.9 Å². The van der Waals surface area contributed by atoms with Crippen molar-refractivity contribution in [1.82, 2.24) is 15.1 Å². The summed E-state index contributed by atoms with van der Waals surface area (Å²) >= 11 is 0. The molecule has 4 heteroatoms. The average molecular weight is 376 g/mol. The van der Waals surface area contributed by atoms with Gasteiger partial charge in [0.1, 0.15) is 0 Å². The minimum Gasteiger partial charge on any atom is -0.345 e. The molecule has 3 rings (SSSR count). The van der Waals surface area contributed by atoms with Crippen LogP contribution in [0.5, 0.6) is 0 Å². The largest absolute Gasteiger partial charge is 0.345 e. The zero-order valence-electron chi connectivity index (χ0n) is 17.4. The van der Waals surface area contributed by atoms with E-state index in [1.54, 1.807) is 0 Å². The number of hydrogen-bond acceptors (Lipinski definition) is 2. The summed E-state index contributed by atoms with van der Waals surface area (Å²) < 4.78 is 1.98. The first kappa shape index (κ1) is 19.9. The van der Waals surface area contributed by atoms with Gasteiger partial charge in [0.15, 0.2) is 0 Å². The topological polar surface area (TPSA) is 46.9 Å². The number of benzene rings is 2. The Morgan fingerprint density at radius 1 is 1.00 bits per heavy atom. The van der Waals surface area contributed by atoms with Crippen molar-refractivity contribution in [1.29, 1.82) is 0 Å². The number of carbonyl (C=O) groups excluding carboxylic acids is 1. The molecule has 1 aromatic heterocycles. The molecule has 0 aliphatic carbocycles. The lowest BCUT2D eigenvalue weighted by Crippen LogP contribution is -2.28. The van der Waals surface area contributed by atoms with E-state index >= 15 is 0 Å². The molecule has 28 heavy (non-hydrogen) atoms. The molecule has 2 aromatic carbocycles. The second-order valence-electron chi connectivity index (χ2n) is 7.56. The second kappa shape index (κ2) is 8.42. The van der Waals surface area contributed by atoms with Gasteiger partial charge >= 0.3 is 0 Å². The quantitative estimate of drug-likeness (QED) is 0.656. The number of nitrogens with one attached hydrogen (secondary N) is 1. The molecule has 1 heterocycles. The summed E-state index contributed by atoms with van der Waals surface area (Å²) in [6, 6.07) is 16.3. The first-order valence-corrected chi connectivity index (χ1v) is 9.85. The lowest BCUT2D eigenvalue weighted by molar-refractivity contribution is 0.0935. The highest BCUT2D eigenvalue weighted by Gasteiger charge is 2.15. The number of hydrogen-bond donors (Lipinski definition) is 1. The maximum Gasteiger partial charge on any atom is 0.251 e. The van der Waals surface area contributed by atoms with E-state index in [9.17, 15) is 4.79 Å². The molecule has 0 aliphatic heterocycles. The number of carbonyl (C=O) groups is 1. The van der Waals surface area contributed by atoms with Crippen LogP contribution in [0, 0.1) is 27.7 Å². The lowest BCUT2D eigenvalue weighted by atomic mass is 9.99. The van der Waals surface area contributed by atoms with Crippen molar-refractivity contribution in [2.45, 2.75) is 53.6 Å². The Morgan fingerprint density at radius 3 is 2.29 bits per heavy atom. The van der Waals surface area contributed by atoms with Crippen LogP contribution in [-0.2, 0) is 6.54 Å². The molecule has 146 valence electrons. The van der Waals surface area contributed by atoms with Gasteiger partial charge < -0.3 is 5.32 Å². The third kappa shape index (κ3) is 4.50. The van der Waals surface area contributed by atoms with Gasteiger partial charge in [-0.3, -0.25) is 9.48 Å². The van der Waals surface area contributed by atoms with Crippen LogP contribution in [0.4, 0.5) is 0 Å². The molecule has 1 atom stereocenters. The van der Waals surface area contributed by atoms with Crippen LogP contribution >= 0.6 is 0 Å². The molecule has 1 amide bonds.